The highest BCUT2D eigenvalue weighted by Crippen LogP contribution is 2.54. The van der Waals surface area contributed by atoms with Crippen LogP contribution in [0.25, 0.3) is 27.6 Å². The average molecular weight is 517 g/mol. The van der Waals surface area contributed by atoms with E-state index in [1.165, 1.54) is 29.6 Å². The van der Waals surface area contributed by atoms with Gasteiger partial charge in [0.15, 0.2) is 0 Å². The number of halogens is 8. The summed E-state index contributed by atoms with van der Waals surface area (Å²) in [4.78, 5) is 4.15. The van der Waals surface area contributed by atoms with Gasteiger partial charge in [0.1, 0.15) is 5.69 Å². The van der Waals surface area contributed by atoms with E-state index in [0.29, 0.717) is 22.0 Å². The van der Waals surface area contributed by atoms with Gasteiger partial charge < -0.3 is 0 Å². The molecule has 0 aliphatic heterocycles. The molecule has 12 heteroatoms. The summed E-state index contributed by atoms with van der Waals surface area (Å²) in [5.41, 5.74) is 0.0579. The van der Waals surface area contributed by atoms with Crippen LogP contribution in [-0.4, -0.2) is 33.0 Å². The molecule has 0 fully saturated rings. The Morgan fingerprint density at radius 2 is 1.43 bits per heavy atom. The summed E-state index contributed by atoms with van der Waals surface area (Å²) in [5.74, 6) is -18.5. The van der Waals surface area contributed by atoms with Crippen molar-refractivity contribution in [3.8, 4) is 27.6 Å². The maximum absolute atomic E-state index is 15.0. The van der Waals surface area contributed by atoms with Gasteiger partial charge in [-0.25, -0.2) is 18.4 Å². The van der Waals surface area contributed by atoms with Gasteiger partial charge in [0.05, 0.1) is 11.4 Å². The molecule has 0 unspecified atom stereocenters. The second kappa shape index (κ2) is 8.74. The van der Waals surface area contributed by atoms with Gasteiger partial charge >= 0.3 is 24.2 Å². The van der Waals surface area contributed by atoms with Crippen molar-refractivity contribution in [1.29, 1.82) is 0 Å². The van der Waals surface area contributed by atoms with Crippen LogP contribution in [0, 0.1) is 6.92 Å². The number of aryl methyl sites for hydroxylation is 1. The van der Waals surface area contributed by atoms with E-state index in [4.69, 9.17) is 0 Å². The lowest BCUT2D eigenvalue weighted by Crippen LogP contribution is -2.56. The van der Waals surface area contributed by atoms with Crippen molar-refractivity contribution < 1.29 is 35.1 Å². The zero-order valence-electron chi connectivity index (χ0n) is 17.7. The second-order valence-corrected chi connectivity index (χ2v) is 8.48. The molecule has 0 atom stereocenters. The van der Waals surface area contributed by atoms with Crippen molar-refractivity contribution in [2.75, 3.05) is 0 Å². The zero-order chi connectivity index (χ0) is 25.6. The molecule has 35 heavy (non-hydrogen) atoms. The first-order valence-corrected chi connectivity index (χ1v) is 10.8. The first kappa shape index (κ1) is 24.8. The minimum atomic E-state index is -6.43. The minimum absolute atomic E-state index is 0.211. The fourth-order valence-corrected chi connectivity index (χ4v) is 4.02. The Morgan fingerprint density at radius 1 is 0.829 bits per heavy atom. The summed E-state index contributed by atoms with van der Waals surface area (Å²) in [6.45, 7) is 1.84. The highest BCUT2D eigenvalue weighted by Gasteiger charge is 2.76. The van der Waals surface area contributed by atoms with Crippen LogP contribution in [-0.2, 0) is 5.92 Å². The lowest BCUT2D eigenvalue weighted by Gasteiger charge is -2.32. The van der Waals surface area contributed by atoms with Crippen LogP contribution in [0.2, 0.25) is 0 Å². The van der Waals surface area contributed by atoms with Crippen LogP contribution in [0.5, 0.6) is 0 Å². The van der Waals surface area contributed by atoms with E-state index in [0.717, 1.165) is 16.9 Å². The molecular formula is C23H15F8N3S. The summed E-state index contributed by atoms with van der Waals surface area (Å²) < 4.78 is 111. The summed E-state index contributed by atoms with van der Waals surface area (Å²) >= 11 is 0.740. The molecule has 2 aromatic carbocycles. The highest BCUT2D eigenvalue weighted by molar-refractivity contribution is 7.12. The van der Waals surface area contributed by atoms with Gasteiger partial charge in [-0.1, -0.05) is 60.2 Å². The van der Waals surface area contributed by atoms with Crippen molar-refractivity contribution >= 4 is 11.3 Å². The molecule has 0 aliphatic rings. The molecule has 0 aliphatic carbocycles. The van der Waals surface area contributed by atoms with Crippen LogP contribution >= 0.6 is 11.3 Å². The topological polar surface area (TPSA) is 30.7 Å². The Labute approximate surface area is 197 Å². The van der Waals surface area contributed by atoms with Crippen LogP contribution in [0.1, 0.15) is 11.3 Å². The second-order valence-electron chi connectivity index (χ2n) is 7.65. The largest absolute Gasteiger partial charge is 0.383 e. The zero-order valence-corrected chi connectivity index (χ0v) is 18.5. The number of hydrogen-bond acceptors (Lipinski definition) is 3. The number of alkyl halides is 8. The van der Waals surface area contributed by atoms with Gasteiger partial charge in [-0.15, -0.1) is 11.3 Å². The Hall–Kier alpha value is -3.28. The fraction of sp³-hybridized carbons (Fsp3) is 0.217. The molecule has 0 saturated carbocycles. The normalized spacial score (nSPS) is 13.0. The molecule has 0 spiro atoms. The predicted octanol–water partition coefficient (Wildman–Crippen LogP) is 7.60. The molecule has 4 aromatic rings. The molecule has 0 bridgehead atoms. The predicted molar refractivity (Wildman–Crippen MR) is 115 cm³/mol. The lowest BCUT2D eigenvalue weighted by atomic mass is 10.0. The number of benzene rings is 2. The molecule has 0 saturated heterocycles. The van der Waals surface area contributed by atoms with Crippen LogP contribution in [0.15, 0.2) is 66.0 Å². The molecular weight excluding hydrogens is 502 g/mol. The molecule has 4 rings (SSSR count). The third kappa shape index (κ3) is 4.19. The van der Waals surface area contributed by atoms with Gasteiger partial charge in [-0.2, -0.15) is 31.4 Å². The van der Waals surface area contributed by atoms with Gasteiger partial charge in [0.2, 0.25) is 5.13 Å². The number of aromatic nitrogens is 3. The number of hydrogen-bond donors (Lipinski definition) is 0. The van der Waals surface area contributed by atoms with Crippen molar-refractivity contribution in [3.63, 3.8) is 0 Å². The van der Waals surface area contributed by atoms with Gasteiger partial charge in [0.25, 0.3) is 0 Å². The molecule has 0 N–H and O–H groups in total. The van der Waals surface area contributed by atoms with E-state index in [9.17, 15) is 35.1 Å². The molecule has 184 valence electrons. The Morgan fingerprint density at radius 3 is 2.03 bits per heavy atom. The summed E-state index contributed by atoms with van der Waals surface area (Å²) in [6.07, 6.45) is -5.03. The maximum atomic E-state index is 15.0. The van der Waals surface area contributed by atoms with E-state index >= 15 is 0 Å². The minimum Gasteiger partial charge on any atom is -0.218 e. The van der Waals surface area contributed by atoms with Gasteiger partial charge in [0, 0.05) is 16.5 Å². The van der Waals surface area contributed by atoms with Gasteiger partial charge in [-0.05, 0) is 13.0 Å². The van der Waals surface area contributed by atoms with E-state index in [2.05, 4.69) is 10.1 Å². The van der Waals surface area contributed by atoms with Crippen LogP contribution in [0.4, 0.5) is 35.1 Å². The number of nitrogens with zero attached hydrogens (tertiary/aromatic N) is 3. The standard InChI is InChI=1S/C23H15F8N3S/c1-13-7-9-15(10-8-13)17-12-35-20(32-17)34-18(11-16(33-34)14-5-3-2-4-6-14)21(26,27)23(30,31)22(28,29)19(24)25/h2-12,19H,1H3. The van der Waals surface area contributed by atoms with Crippen LogP contribution in [0.3, 0.4) is 0 Å². The Bertz CT molecular complexity index is 1310. The first-order valence-electron chi connectivity index (χ1n) is 9.96. The summed E-state index contributed by atoms with van der Waals surface area (Å²) in [7, 11) is 0. The average Bonchev–Trinajstić information content (AvgIpc) is 3.48. The Balaban J connectivity index is 1.88. The van der Waals surface area contributed by atoms with Crippen molar-refractivity contribution in [3.05, 3.63) is 77.3 Å². The number of rotatable bonds is 7. The lowest BCUT2D eigenvalue weighted by molar-refractivity contribution is -0.344. The molecule has 2 heterocycles. The fourth-order valence-electron chi connectivity index (χ4n) is 3.23. The molecule has 0 amide bonds. The van der Waals surface area contributed by atoms with Crippen molar-refractivity contribution in [2.24, 2.45) is 0 Å². The molecule has 3 nitrogen and oxygen atoms in total. The van der Waals surface area contributed by atoms with E-state index in [1.54, 1.807) is 30.3 Å². The quantitative estimate of drug-likeness (QED) is 0.237. The Kier molecular flexibility index (Phi) is 6.20. The molecule has 0 radical (unpaired) electrons. The number of thiazole rings is 1. The van der Waals surface area contributed by atoms with Crippen molar-refractivity contribution in [1.82, 2.24) is 14.8 Å². The van der Waals surface area contributed by atoms with E-state index < -0.39 is 29.9 Å². The summed E-state index contributed by atoms with van der Waals surface area (Å²) in [6, 6.07) is 14.9. The van der Waals surface area contributed by atoms with Gasteiger partial charge in [-0.3, -0.25) is 0 Å². The van der Waals surface area contributed by atoms with E-state index in [1.807, 2.05) is 6.92 Å². The van der Waals surface area contributed by atoms with Crippen molar-refractivity contribution in [2.45, 2.75) is 31.1 Å². The SMILES string of the molecule is Cc1ccc(-c2csc(-n3nc(-c4ccccc4)cc3C(F)(F)C(F)(F)C(F)(F)C(F)F)n2)cc1. The van der Waals surface area contributed by atoms with E-state index in [-0.39, 0.29) is 16.4 Å². The molecule has 2 aromatic heterocycles. The van der Waals surface area contributed by atoms with Crippen LogP contribution < -0.4 is 0 Å². The third-order valence-electron chi connectivity index (χ3n) is 5.21. The smallest absolute Gasteiger partial charge is 0.218 e. The first-order chi connectivity index (χ1) is 16.4. The summed E-state index contributed by atoms with van der Waals surface area (Å²) in [5, 5.41) is 5.00. The maximum Gasteiger partial charge on any atom is 0.383 e. The third-order valence-corrected chi connectivity index (χ3v) is 6.02. The monoisotopic (exact) mass is 517 g/mol. The highest BCUT2D eigenvalue weighted by atomic mass is 32.1.